The van der Waals surface area contributed by atoms with E-state index < -0.39 is 0 Å². The Bertz CT molecular complexity index is 522. The standard InChI is InChI=1S/C21H32/c1-5-15-12-6-16-18-11(3)10(2)17-13-8-21(7-12,20(15,16)4)9-14(13)19(17)18/h10-19H,5-9H2,1-4H3. The molecule has 1 spiro atoms. The minimum Gasteiger partial charge on any atom is -0.0651 e. The van der Waals surface area contributed by atoms with Crippen LogP contribution in [0, 0.1) is 70.0 Å². The molecule has 0 amide bonds. The summed E-state index contributed by atoms with van der Waals surface area (Å²) < 4.78 is 0. The second-order valence-corrected chi connectivity index (χ2v) is 10.6. The molecule has 6 rings (SSSR count). The quantitative estimate of drug-likeness (QED) is 0.618. The second kappa shape index (κ2) is 3.27. The van der Waals surface area contributed by atoms with E-state index in [1.54, 1.807) is 25.7 Å². The summed E-state index contributed by atoms with van der Waals surface area (Å²) in [5.41, 5.74) is 1.55. The predicted octanol–water partition coefficient (Wildman–Crippen LogP) is 5.23. The van der Waals surface area contributed by atoms with Crippen molar-refractivity contribution in [3.63, 3.8) is 0 Å². The molecule has 21 heavy (non-hydrogen) atoms. The Morgan fingerprint density at radius 1 is 0.905 bits per heavy atom. The maximum atomic E-state index is 2.80. The van der Waals surface area contributed by atoms with Crippen LogP contribution in [0.4, 0.5) is 0 Å². The van der Waals surface area contributed by atoms with Gasteiger partial charge in [-0.2, -0.15) is 0 Å². The molecule has 6 fully saturated rings. The van der Waals surface area contributed by atoms with Gasteiger partial charge in [-0.25, -0.2) is 0 Å². The lowest BCUT2D eigenvalue weighted by atomic mass is 9.49. The van der Waals surface area contributed by atoms with Crippen molar-refractivity contribution in [2.45, 2.75) is 59.8 Å². The molecular weight excluding hydrogens is 252 g/mol. The molecule has 12 atom stereocenters. The van der Waals surface area contributed by atoms with E-state index in [-0.39, 0.29) is 0 Å². The molecule has 0 aromatic heterocycles. The molecule has 6 aliphatic rings. The molecule has 0 aromatic rings. The SMILES string of the molecule is CCC1C2CC3C4C(C)C(C)C5C6CC(C2)(CC6C54)C13C. The van der Waals surface area contributed by atoms with Crippen LogP contribution in [0.2, 0.25) is 0 Å². The molecule has 0 heteroatoms. The largest absolute Gasteiger partial charge is 0.0651 e. The van der Waals surface area contributed by atoms with E-state index in [4.69, 9.17) is 0 Å². The van der Waals surface area contributed by atoms with Crippen molar-refractivity contribution in [3.8, 4) is 0 Å². The monoisotopic (exact) mass is 284 g/mol. The van der Waals surface area contributed by atoms with Gasteiger partial charge in [-0.05, 0) is 95.7 Å². The lowest BCUT2D eigenvalue weighted by Gasteiger charge is -2.55. The molecule has 6 aliphatic carbocycles. The van der Waals surface area contributed by atoms with Crippen LogP contribution in [-0.4, -0.2) is 0 Å². The molecular formula is C21H32. The van der Waals surface area contributed by atoms with Crippen LogP contribution in [0.25, 0.3) is 0 Å². The highest BCUT2D eigenvalue weighted by molar-refractivity contribution is 5.28. The van der Waals surface area contributed by atoms with Crippen LogP contribution in [0.1, 0.15) is 59.8 Å². The fraction of sp³-hybridized carbons (Fsp3) is 1.00. The molecule has 0 radical (unpaired) electrons. The van der Waals surface area contributed by atoms with Gasteiger partial charge in [-0.1, -0.05) is 34.1 Å². The van der Waals surface area contributed by atoms with Gasteiger partial charge in [0.2, 0.25) is 0 Å². The maximum absolute atomic E-state index is 2.80. The van der Waals surface area contributed by atoms with Gasteiger partial charge in [0.05, 0.1) is 0 Å². The van der Waals surface area contributed by atoms with Crippen molar-refractivity contribution in [1.82, 2.24) is 0 Å². The summed E-state index contributed by atoms with van der Waals surface area (Å²) in [6.45, 7) is 10.6. The Labute approximate surface area is 130 Å². The van der Waals surface area contributed by atoms with Gasteiger partial charge in [0, 0.05) is 0 Å². The molecule has 6 saturated carbocycles. The van der Waals surface area contributed by atoms with Gasteiger partial charge in [-0.3, -0.25) is 0 Å². The first kappa shape index (κ1) is 12.4. The Morgan fingerprint density at radius 3 is 2.24 bits per heavy atom. The molecule has 4 bridgehead atoms. The van der Waals surface area contributed by atoms with Gasteiger partial charge in [0.1, 0.15) is 0 Å². The van der Waals surface area contributed by atoms with Crippen molar-refractivity contribution in [2.24, 2.45) is 70.0 Å². The van der Waals surface area contributed by atoms with Gasteiger partial charge < -0.3 is 0 Å². The first-order valence-corrected chi connectivity index (χ1v) is 10.0. The van der Waals surface area contributed by atoms with Crippen molar-refractivity contribution in [2.75, 3.05) is 0 Å². The third-order valence-corrected chi connectivity index (χ3v) is 11.1. The summed E-state index contributed by atoms with van der Waals surface area (Å²) in [4.78, 5) is 0. The number of fused-ring (bicyclic) bond motifs is 3. The highest BCUT2D eigenvalue weighted by Gasteiger charge is 2.80. The fourth-order valence-corrected chi connectivity index (χ4v) is 10.7. The lowest BCUT2D eigenvalue weighted by Crippen LogP contribution is -2.50. The molecule has 0 N–H and O–H groups in total. The van der Waals surface area contributed by atoms with E-state index in [0.29, 0.717) is 0 Å². The summed E-state index contributed by atoms with van der Waals surface area (Å²) >= 11 is 0. The van der Waals surface area contributed by atoms with E-state index in [9.17, 15) is 0 Å². The summed E-state index contributed by atoms with van der Waals surface area (Å²) in [6.07, 6.45) is 8.05. The van der Waals surface area contributed by atoms with Gasteiger partial charge in [0.25, 0.3) is 0 Å². The zero-order valence-electron chi connectivity index (χ0n) is 14.3. The average Bonchev–Trinajstić information content (AvgIpc) is 3.04. The van der Waals surface area contributed by atoms with E-state index in [1.165, 1.54) is 18.3 Å². The minimum absolute atomic E-state index is 0.738. The second-order valence-electron chi connectivity index (χ2n) is 10.6. The summed E-state index contributed by atoms with van der Waals surface area (Å²) in [7, 11) is 0. The van der Waals surface area contributed by atoms with Crippen molar-refractivity contribution < 1.29 is 0 Å². The number of hydrogen-bond donors (Lipinski definition) is 0. The number of rotatable bonds is 1. The first-order valence-electron chi connectivity index (χ1n) is 10.0. The third-order valence-electron chi connectivity index (χ3n) is 11.1. The Balaban J connectivity index is 1.59. The van der Waals surface area contributed by atoms with Gasteiger partial charge in [0.15, 0.2) is 0 Å². The molecule has 0 heterocycles. The summed E-state index contributed by atoms with van der Waals surface area (Å²) in [5.74, 6) is 11.2. The number of hydrogen-bond acceptors (Lipinski definition) is 0. The van der Waals surface area contributed by atoms with Crippen LogP contribution in [0.3, 0.4) is 0 Å². The van der Waals surface area contributed by atoms with E-state index in [1.807, 2.05) is 0 Å². The highest BCUT2D eigenvalue weighted by atomic mass is 14.8. The fourth-order valence-electron chi connectivity index (χ4n) is 10.7. The van der Waals surface area contributed by atoms with Gasteiger partial charge in [-0.15, -0.1) is 0 Å². The molecule has 0 aliphatic heterocycles. The minimum atomic E-state index is 0.738. The molecule has 116 valence electrons. The van der Waals surface area contributed by atoms with Crippen molar-refractivity contribution in [3.05, 3.63) is 0 Å². The smallest absolute Gasteiger partial charge is 0.0207 e. The van der Waals surface area contributed by atoms with Crippen LogP contribution < -0.4 is 0 Å². The zero-order valence-corrected chi connectivity index (χ0v) is 14.3. The van der Waals surface area contributed by atoms with E-state index in [2.05, 4.69) is 27.7 Å². The van der Waals surface area contributed by atoms with Crippen LogP contribution in [0.15, 0.2) is 0 Å². The molecule has 0 saturated heterocycles. The molecule has 12 unspecified atom stereocenters. The third kappa shape index (κ3) is 0.964. The van der Waals surface area contributed by atoms with Crippen LogP contribution in [-0.2, 0) is 0 Å². The Kier molecular flexibility index (Phi) is 1.93. The first-order chi connectivity index (χ1) is 10.0. The Hall–Kier alpha value is 0. The predicted molar refractivity (Wildman–Crippen MR) is 85.5 cm³/mol. The van der Waals surface area contributed by atoms with Crippen LogP contribution in [0.5, 0.6) is 0 Å². The molecule has 0 nitrogen and oxygen atoms in total. The zero-order chi connectivity index (χ0) is 14.3. The maximum Gasteiger partial charge on any atom is -0.0207 e. The van der Waals surface area contributed by atoms with Crippen molar-refractivity contribution in [1.29, 1.82) is 0 Å². The molecule has 0 aromatic carbocycles. The Morgan fingerprint density at radius 2 is 1.57 bits per heavy atom. The highest BCUT2D eigenvalue weighted by Crippen LogP contribution is 2.86. The average molecular weight is 284 g/mol. The normalized spacial score (nSPS) is 75.4. The topological polar surface area (TPSA) is 0 Å². The van der Waals surface area contributed by atoms with Crippen LogP contribution >= 0.6 is 0 Å². The van der Waals surface area contributed by atoms with E-state index >= 15 is 0 Å². The van der Waals surface area contributed by atoms with Gasteiger partial charge >= 0.3 is 0 Å². The van der Waals surface area contributed by atoms with E-state index in [0.717, 1.165) is 58.2 Å². The lowest BCUT2D eigenvalue weighted by molar-refractivity contribution is -0.0791. The van der Waals surface area contributed by atoms with Crippen molar-refractivity contribution >= 4 is 0 Å². The summed E-state index contributed by atoms with van der Waals surface area (Å²) in [5, 5.41) is 0. The summed E-state index contributed by atoms with van der Waals surface area (Å²) in [6, 6.07) is 0.